The monoisotopic (exact) mass is 486 g/mol. The van der Waals surface area contributed by atoms with Crippen LogP contribution in [0, 0.1) is 13.8 Å². The van der Waals surface area contributed by atoms with Gasteiger partial charge in [0.25, 0.3) is 11.8 Å². The van der Waals surface area contributed by atoms with E-state index in [1.807, 2.05) is 19.1 Å². The lowest BCUT2D eigenvalue weighted by Gasteiger charge is -2.22. The largest absolute Gasteiger partial charge is 0.462 e. The minimum atomic E-state index is -1.31. The SMILES string of the molecule is CCOC(=O)c1c(NC(=O)CN2C(=O)NC(C)(c3ccc(C)cc3)C2=O)sc(C(=O)NC)c1C. The quantitative estimate of drug-likeness (QED) is 0.406. The predicted molar refractivity (Wildman–Crippen MR) is 126 cm³/mol. The summed E-state index contributed by atoms with van der Waals surface area (Å²) in [6.07, 6.45) is 0. The number of rotatable bonds is 7. The first kappa shape index (κ1) is 24.9. The highest BCUT2D eigenvalue weighted by Gasteiger charge is 2.49. The Morgan fingerprint density at radius 1 is 1.15 bits per heavy atom. The summed E-state index contributed by atoms with van der Waals surface area (Å²) >= 11 is 0.910. The molecule has 2 heterocycles. The van der Waals surface area contributed by atoms with Gasteiger partial charge in [-0.3, -0.25) is 19.3 Å². The molecule has 0 radical (unpaired) electrons. The molecule has 1 unspecified atom stereocenters. The van der Waals surface area contributed by atoms with Crippen LogP contribution in [-0.4, -0.2) is 54.8 Å². The van der Waals surface area contributed by atoms with E-state index in [0.29, 0.717) is 11.1 Å². The number of carbonyl (C=O) groups is 5. The van der Waals surface area contributed by atoms with Gasteiger partial charge in [0.1, 0.15) is 17.1 Å². The second-order valence-corrected chi connectivity index (χ2v) is 8.94. The molecule has 1 aliphatic rings. The predicted octanol–water partition coefficient (Wildman–Crippen LogP) is 2.31. The minimum absolute atomic E-state index is 0.0560. The van der Waals surface area contributed by atoms with Crippen molar-refractivity contribution in [3.05, 3.63) is 51.4 Å². The maximum Gasteiger partial charge on any atom is 0.341 e. The molecule has 10 nitrogen and oxygen atoms in total. The molecule has 1 saturated heterocycles. The van der Waals surface area contributed by atoms with Gasteiger partial charge in [-0.2, -0.15) is 0 Å². The van der Waals surface area contributed by atoms with E-state index < -0.39 is 41.8 Å². The lowest BCUT2D eigenvalue weighted by Crippen LogP contribution is -2.42. The zero-order valence-electron chi connectivity index (χ0n) is 19.5. The van der Waals surface area contributed by atoms with Crippen LogP contribution in [0.5, 0.6) is 0 Å². The standard InChI is InChI=1S/C23H26N4O6S/c1-6-33-20(30)16-13(3)17(18(29)24-5)34-19(16)25-15(28)11-27-21(31)23(4,26-22(27)32)14-9-7-12(2)8-10-14/h7-10H,6,11H2,1-5H3,(H,24,29)(H,25,28)(H,26,32). The topological polar surface area (TPSA) is 134 Å². The Bertz CT molecular complexity index is 1170. The van der Waals surface area contributed by atoms with Crippen molar-refractivity contribution in [2.24, 2.45) is 0 Å². The average Bonchev–Trinajstić information content (AvgIpc) is 3.22. The molecule has 1 aromatic carbocycles. The van der Waals surface area contributed by atoms with E-state index in [9.17, 15) is 24.0 Å². The summed E-state index contributed by atoms with van der Waals surface area (Å²) in [5, 5.41) is 7.80. The van der Waals surface area contributed by atoms with E-state index in [0.717, 1.165) is 21.8 Å². The lowest BCUT2D eigenvalue weighted by atomic mass is 9.91. The fourth-order valence-electron chi connectivity index (χ4n) is 3.61. The summed E-state index contributed by atoms with van der Waals surface area (Å²) in [6, 6.07) is 6.45. The number of nitrogens with one attached hydrogen (secondary N) is 3. The molecule has 0 aliphatic carbocycles. The summed E-state index contributed by atoms with van der Waals surface area (Å²) in [4.78, 5) is 64.2. The number of urea groups is 1. The molecule has 0 saturated carbocycles. The molecular weight excluding hydrogens is 460 g/mol. The first-order chi connectivity index (χ1) is 16.0. The van der Waals surface area contributed by atoms with Gasteiger partial charge in [0, 0.05) is 7.05 Å². The summed E-state index contributed by atoms with van der Waals surface area (Å²) < 4.78 is 5.07. The second kappa shape index (κ2) is 9.64. The molecule has 11 heteroatoms. The van der Waals surface area contributed by atoms with Gasteiger partial charge in [-0.05, 0) is 38.8 Å². The fraction of sp³-hybridized carbons (Fsp3) is 0.348. The third-order valence-corrected chi connectivity index (χ3v) is 6.72. The highest BCUT2D eigenvalue weighted by Crippen LogP contribution is 2.34. The van der Waals surface area contributed by atoms with Gasteiger partial charge in [0.15, 0.2) is 0 Å². The van der Waals surface area contributed by atoms with Crippen LogP contribution in [0.3, 0.4) is 0 Å². The van der Waals surface area contributed by atoms with Crippen LogP contribution in [0.25, 0.3) is 0 Å². The van der Waals surface area contributed by atoms with Gasteiger partial charge in [-0.25, -0.2) is 9.59 Å². The van der Waals surface area contributed by atoms with E-state index >= 15 is 0 Å². The highest BCUT2D eigenvalue weighted by molar-refractivity contribution is 7.18. The first-order valence-corrected chi connectivity index (χ1v) is 11.4. The number of ether oxygens (including phenoxy) is 1. The second-order valence-electron chi connectivity index (χ2n) is 7.92. The molecular formula is C23H26N4O6S. The van der Waals surface area contributed by atoms with Crippen LogP contribution < -0.4 is 16.0 Å². The van der Waals surface area contributed by atoms with E-state index in [2.05, 4.69) is 16.0 Å². The number of anilines is 1. The molecule has 3 N–H and O–H groups in total. The number of carbonyl (C=O) groups excluding carboxylic acids is 5. The zero-order valence-corrected chi connectivity index (χ0v) is 20.3. The van der Waals surface area contributed by atoms with E-state index in [4.69, 9.17) is 4.74 Å². The lowest BCUT2D eigenvalue weighted by molar-refractivity contribution is -0.133. The smallest absolute Gasteiger partial charge is 0.341 e. The molecule has 3 rings (SSSR count). The Morgan fingerprint density at radius 3 is 2.38 bits per heavy atom. The molecule has 0 bridgehead atoms. The number of benzene rings is 1. The zero-order chi connectivity index (χ0) is 25.2. The van der Waals surface area contributed by atoms with Crippen LogP contribution in [0.1, 0.15) is 50.6 Å². The first-order valence-electron chi connectivity index (χ1n) is 10.6. The Morgan fingerprint density at radius 2 is 1.79 bits per heavy atom. The van der Waals surface area contributed by atoms with Gasteiger partial charge < -0.3 is 20.7 Å². The van der Waals surface area contributed by atoms with Crippen molar-refractivity contribution in [1.29, 1.82) is 0 Å². The van der Waals surface area contributed by atoms with Crippen molar-refractivity contribution in [2.75, 3.05) is 25.5 Å². The van der Waals surface area contributed by atoms with Gasteiger partial charge in [-0.15, -0.1) is 11.3 Å². The highest BCUT2D eigenvalue weighted by atomic mass is 32.1. The van der Waals surface area contributed by atoms with E-state index in [1.54, 1.807) is 32.9 Å². The Kier molecular flexibility index (Phi) is 7.06. The van der Waals surface area contributed by atoms with Crippen LogP contribution in [0.4, 0.5) is 9.80 Å². The number of imide groups is 1. The van der Waals surface area contributed by atoms with Crippen LogP contribution >= 0.6 is 11.3 Å². The fourth-order valence-corrected chi connectivity index (χ4v) is 4.77. The molecule has 2 aromatic rings. The number of hydrogen-bond donors (Lipinski definition) is 3. The van der Waals surface area contributed by atoms with Gasteiger partial charge in [0.2, 0.25) is 5.91 Å². The number of hydrogen-bond acceptors (Lipinski definition) is 7. The molecule has 1 fully saturated rings. The van der Waals surface area contributed by atoms with Crippen molar-refractivity contribution in [3.63, 3.8) is 0 Å². The van der Waals surface area contributed by atoms with Crippen LogP contribution in [0.2, 0.25) is 0 Å². The number of esters is 1. The Hall–Kier alpha value is -3.73. The van der Waals surface area contributed by atoms with Gasteiger partial charge in [0.05, 0.1) is 17.0 Å². The molecule has 1 aliphatic heterocycles. The van der Waals surface area contributed by atoms with Crippen molar-refractivity contribution in [2.45, 2.75) is 33.2 Å². The molecule has 1 aromatic heterocycles. The summed E-state index contributed by atoms with van der Waals surface area (Å²) in [6.45, 7) is 6.24. The number of thiophene rings is 1. The van der Waals surface area contributed by atoms with Crippen molar-refractivity contribution in [3.8, 4) is 0 Å². The number of aryl methyl sites for hydroxylation is 1. The van der Waals surface area contributed by atoms with Gasteiger partial charge in [-0.1, -0.05) is 29.8 Å². The normalized spacial score (nSPS) is 17.4. The van der Waals surface area contributed by atoms with Crippen LogP contribution in [0.15, 0.2) is 24.3 Å². The van der Waals surface area contributed by atoms with E-state index in [1.165, 1.54) is 7.05 Å². The van der Waals surface area contributed by atoms with Crippen molar-refractivity contribution >= 4 is 46.1 Å². The minimum Gasteiger partial charge on any atom is -0.462 e. The Balaban J connectivity index is 1.83. The van der Waals surface area contributed by atoms with Gasteiger partial charge >= 0.3 is 12.0 Å². The number of amides is 5. The molecule has 0 spiro atoms. The molecule has 34 heavy (non-hydrogen) atoms. The summed E-state index contributed by atoms with van der Waals surface area (Å²) in [7, 11) is 1.45. The van der Waals surface area contributed by atoms with Crippen molar-refractivity contribution in [1.82, 2.24) is 15.5 Å². The average molecular weight is 487 g/mol. The summed E-state index contributed by atoms with van der Waals surface area (Å²) in [5.74, 6) is -2.39. The summed E-state index contributed by atoms with van der Waals surface area (Å²) in [5.41, 5.74) is 0.696. The number of nitrogens with zero attached hydrogens (tertiary/aromatic N) is 1. The molecule has 5 amide bonds. The molecule has 1 atom stereocenters. The molecule has 180 valence electrons. The maximum atomic E-state index is 13.1. The van der Waals surface area contributed by atoms with Crippen LogP contribution in [-0.2, 0) is 19.9 Å². The maximum absolute atomic E-state index is 13.1. The van der Waals surface area contributed by atoms with Crippen molar-refractivity contribution < 1.29 is 28.7 Å². The van der Waals surface area contributed by atoms with E-state index in [-0.39, 0.29) is 22.0 Å². The Labute approximate surface area is 200 Å². The third kappa shape index (κ3) is 4.51. The third-order valence-electron chi connectivity index (χ3n) is 5.52.